The molecule has 0 bridgehead atoms. The molecule has 0 aliphatic heterocycles. The zero-order chi connectivity index (χ0) is 14.5. The highest BCUT2D eigenvalue weighted by atomic mass is 16.4. The Morgan fingerprint density at radius 3 is 1.63 bits per heavy atom. The van der Waals surface area contributed by atoms with Crippen molar-refractivity contribution in [2.24, 2.45) is 11.8 Å². The monoisotopic (exact) mass is 270 g/mol. The van der Waals surface area contributed by atoms with Crippen molar-refractivity contribution in [3.63, 3.8) is 0 Å². The molecular weight excluding hydrogens is 236 g/mol. The van der Waals surface area contributed by atoms with E-state index in [9.17, 15) is 4.79 Å². The lowest BCUT2D eigenvalue weighted by Crippen LogP contribution is -2.19. The molecular formula is C17H34O2. The summed E-state index contributed by atoms with van der Waals surface area (Å²) in [6.07, 6.45) is 13.9. The van der Waals surface area contributed by atoms with Crippen LogP contribution in [0.2, 0.25) is 0 Å². The molecule has 0 radical (unpaired) electrons. The third-order valence-corrected chi connectivity index (χ3v) is 3.99. The van der Waals surface area contributed by atoms with Gasteiger partial charge in [-0.25, -0.2) is 0 Å². The number of carboxylic acids is 1. The highest BCUT2D eigenvalue weighted by Crippen LogP contribution is 2.20. The van der Waals surface area contributed by atoms with E-state index in [1.807, 2.05) is 13.8 Å². The molecule has 0 heterocycles. The summed E-state index contributed by atoms with van der Waals surface area (Å²) in [6.45, 7) is 6.27. The summed E-state index contributed by atoms with van der Waals surface area (Å²) in [5, 5.41) is 9.09. The van der Waals surface area contributed by atoms with E-state index in [4.69, 9.17) is 5.11 Å². The van der Waals surface area contributed by atoms with Crippen LogP contribution in [0, 0.1) is 11.8 Å². The quantitative estimate of drug-likeness (QED) is 0.439. The summed E-state index contributed by atoms with van der Waals surface area (Å²) in [4.78, 5) is 11.0. The van der Waals surface area contributed by atoms with E-state index in [1.165, 1.54) is 57.8 Å². The van der Waals surface area contributed by atoms with E-state index < -0.39 is 5.97 Å². The maximum Gasteiger partial charge on any atom is 0.306 e. The molecule has 0 saturated carbocycles. The third kappa shape index (κ3) is 11.0. The predicted molar refractivity (Wildman–Crippen MR) is 82.4 cm³/mol. The number of hydrogen-bond donors (Lipinski definition) is 1. The van der Waals surface area contributed by atoms with Crippen LogP contribution in [0.15, 0.2) is 0 Å². The minimum absolute atomic E-state index is 0.144. The second-order valence-electron chi connectivity index (χ2n) is 6.16. The van der Waals surface area contributed by atoms with Crippen molar-refractivity contribution in [1.82, 2.24) is 0 Å². The van der Waals surface area contributed by atoms with Crippen LogP contribution in [0.4, 0.5) is 0 Å². The van der Waals surface area contributed by atoms with E-state index in [2.05, 4.69) is 6.92 Å². The number of carboxylic acid groups (broad SMARTS) is 1. The second kappa shape index (κ2) is 12.5. The largest absolute Gasteiger partial charge is 0.481 e. The minimum atomic E-state index is -0.620. The van der Waals surface area contributed by atoms with Gasteiger partial charge in [-0.1, -0.05) is 85.0 Å². The van der Waals surface area contributed by atoms with Crippen LogP contribution in [-0.4, -0.2) is 11.1 Å². The molecule has 0 aliphatic carbocycles. The Morgan fingerprint density at radius 2 is 1.26 bits per heavy atom. The molecule has 2 heteroatoms. The van der Waals surface area contributed by atoms with Crippen molar-refractivity contribution < 1.29 is 9.90 Å². The normalized spacial score (nSPS) is 12.8. The van der Waals surface area contributed by atoms with Crippen LogP contribution in [0.1, 0.15) is 91.4 Å². The maximum absolute atomic E-state index is 11.0. The number of rotatable bonds is 13. The van der Waals surface area contributed by atoms with Crippen molar-refractivity contribution in [1.29, 1.82) is 0 Å². The highest BCUT2D eigenvalue weighted by molar-refractivity contribution is 5.70. The Balaban J connectivity index is 3.32. The predicted octanol–water partition coefficient (Wildman–Crippen LogP) is 5.65. The topological polar surface area (TPSA) is 37.3 Å². The highest BCUT2D eigenvalue weighted by Gasteiger charge is 2.20. The zero-order valence-corrected chi connectivity index (χ0v) is 13.3. The van der Waals surface area contributed by atoms with Crippen molar-refractivity contribution in [2.75, 3.05) is 0 Å². The lowest BCUT2D eigenvalue weighted by Gasteiger charge is -2.15. The van der Waals surface area contributed by atoms with Crippen LogP contribution in [0.3, 0.4) is 0 Å². The molecule has 114 valence electrons. The van der Waals surface area contributed by atoms with Crippen molar-refractivity contribution in [2.45, 2.75) is 91.4 Å². The fraction of sp³-hybridized carbons (Fsp3) is 0.941. The molecule has 0 aromatic carbocycles. The summed E-state index contributed by atoms with van der Waals surface area (Å²) < 4.78 is 0. The smallest absolute Gasteiger partial charge is 0.306 e. The minimum Gasteiger partial charge on any atom is -0.481 e. The van der Waals surface area contributed by atoms with Gasteiger partial charge in [0.05, 0.1) is 5.92 Å². The van der Waals surface area contributed by atoms with Crippen LogP contribution >= 0.6 is 0 Å². The van der Waals surface area contributed by atoms with Crippen molar-refractivity contribution in [3.8, 4) is 0 Å². The molecule has 0 aromatic heterocycles. The van der Waals surface area contributed by atoms with E-state index >= 15 is 0 Å². The van der Waals surface area contributed by atoms with Gasteiger partial charge in [-0.3, -0.25) is 4.79 Å². The lowest BCUT2D eigenvalue weighted by molar-refractivity contribution is -0.143. The molecule has 2 nitrogen and oxygen atoms in total. The lowest BCUT2D eigenvalue weighted by atomic mass is 9.90. The molecule has 0 unspecified atom stereocenters. The Bertz CT molecular complexity index is 211. The Labute approximate surface area is 120 Å². The van der Waals surface area contributed by atoms with Gasteiger partial charge in [0.25, 0.3) is 0 Å². The number of carbonyl (C=O) groups is 1. The summed E-state index contributed by atoms with van der Waals surface area (Å²) in [7, 11) is 0. The van der Waals surface area contributed by atoms with Crippen LogP contribution < -0.4 is 0 Å². The van der Waals surface area contributed by atoms with E-state index in [1.54, 1.807) is 0 Å². The van der Waals surface area contributed by atoms with Gasteiger partial charge in [0.15, 0.2) is 0 Å². The first kappa shape index (κ1) is 18.5. The molecule has 0 aliphatic rings. The molecule has 0 fully saturated rings. The maximum atomic E-state index is 11.0. The Hall–Kier alpha value is -0.530. The number of aliphatic carboxylic acids is 1. The summed E-state index contributed by atoms with van der Waals surface area (Å²) >= 11 is 0. The summed E-state index contributed by atoms with van der Waals surface area (Å²) in [6, 6.07) is 0. The fourth-order valence-corrected chi connectivity index (χ4v) is 2.59. The second-order valence-corrected chi connectivity index (χ2v) is 6.16. The zero-order valence-electron chi connectivity index (χ0n) is 13.3. The van der Waals surface area contributed by atoms with E-state index in [0.29, 0.717) is 0 Å². The van der Waals surface area contributed by atoms with Crippen molar-refractivity contribution >= 4 is 5.97 Å². The fourth-order valence-electron chi connectivity index (χ4n) is 2.59. The van der Waals surface area contributed by atoms with E-state index in [0.717, 1.165) is 12.8 Å². The molecule has 0 saturated heterocycles. The SMILES string of the molecule is CCCCCCCCCCCC[C@H](C(=O)O)C(C)C. The van der Waals surface area contributed by atoms with E-state index in [-0.39, 0.29) is 11.8 Å². The van der Waals surface area contributed by atoms with Gasteiger partial charge in [-0.15, -0.1) is 0 Å². The molecule has 19 heavy (non-hydrogen) atoms. The van der Waals surface area contributed by atoms with Gasteiger partial charge in [0.1, 0.15) is 0 Å². The molecule has 0 amide bonds. The Morgan fingerprint density at radius 1 is 0.842 bits per heavy atom. The Kier molecular flexibility index (Phi) is 12.2. The molecule has 0 rings (SSSR count). The van der Waals surface area contributed by atoms with Gasteiger partial charge in [0, 0.05) is 0 Å². The van der Waals surface area contributed by atoms with Gasteiger partial charge in [0.2, 0.25) is 0 Å². The third-order valence-electron chi connectivity index (χ3n) is 3.99. The van der Waals surface area contributed by atoms with Crippen LogP contribution in [-0.2, 0) is 4.79 Å². The molecule has 0 spiro atoms. The average Bonchev–Trinajstić information content (AvgIpc) is 2.35. The first-order valence-electron chi connectivity index (χ1n) is 8.32. The number of unbranched alkanes of at least 4 members (excludes halogenated alkanes) is 9. The van der Waals surface area contributed by atoms with Crippen LogP contribution in [0.5, 0.6) is 0 Å². The average molecular weight is 270 g/mol. The van der Waals surface area contributed by atoms with Gasteiger partial charge >= 0.3 is 5.97 Å². The summed E-state index contributed by atoms with van der Waals surface area (Å²) in [5.74, 6) is -0.504. The number of hydrogen-bond acceptors (Lipinski definition) is 1. The molecule has 1 atom stereocenters. The van der Waals surface area contributed by atoms with Gasteiger partial charge in [-0.05, 0) is 12.3 Å². The molecule has 0 aromatic rings. The van der Waals surface area contributed by atoms with Gasteiger partial charge < -0.3 is 5.11 Å². The first-order valence-corrected chi connectivity index (χ1v) is 8.32. The standard InChI is InChI=1S/C17H34O2/c1-4-5-6-7-8-9-10-11-12-13-14-16(15(2)3)17(18)19/h15-16H,4-14H2,1-3H3,(H,18,19)/t16-/m0/s1. The first-order chi connectivity index (χ1) is 9.09. The van der Waals surface area contributed by atoms with Crippen molar-refractivity contribution in [3.05, 3.63) is 0 Å². The molecule has 1 N–H and O–H groups in total. The summed E-state index contributed by atoms with van der Waals surface area (Å²) in [5.41, 5.74) is 0. The van der Waals surface area contributed by atoms with Gasteiger partial charge in [-0.2, -0.15) is 0 Å². The van der Waals surface area contributed by atoms with Crippen LogP contribution in [0.25, 0.3) is 0 Å².